The fourth-order valence-corrected chi connectivity index (χ4v) is 2.83. The lowest BCUT2D eigenvalue weighted by Crippen LogP contribution is -2.24. The van der Waals surface area contributed by atoms with Gasteiger partial charge in [0.25, 0.3) is 0 Å². The number of aromatic nitrogens is 2. The third-order valence-electron chi connectivity index (χ3n) is 3.41. The van der Waals surface area contributed by atoms with E-state index in [4.69, 9.17) is 9.15 Å². The monoisotopic (exact) mass is 355 g/mol. The molecule has 2 heterocycles. The number of carbonyl (C=O) groups excluding carboxylic acids is 1. The molecule has 0 atom stereocenters. The number of hydrogen-bond donors (Lipinski definition) is 1. The zero-order valence-electron chi connectivity index (χ0n) is 13.6. The molecule has 0 aliphatic carbocycles. The van der Waals surface area contributed by atoms with Crippen LogP contribution in [-0.4, -0.2) is 29.0 Å². The zero-order chi connectivity index (χ0) is 17.5. The van der Waals surface area contributed by atoms with Gasteiger partial charge in [0.15, 0.2) is 0 Å². The molecule has 0 radical (unpaired) electrons. The van der Waals surface area contributed by atoms with E-state index in [1.54, 1.807) is 19.4 Å². The largest absolute Gasteiger partial charge is 0.496 e. The Bertz CT molecular complexity index is 820. The molecular weight excluding hydrogens is 338 g/mol. The fourth-order valence-electron chi connectivity index (χ4n) is 2.19. The minimum atomic E-state index is -0.0861. The quantitative estimate of drug-likeness (QED) is 0.656. The predicted molar refractivity (Wildman–Crippen MR) is 95.3 cm³/mol. The van der Waals surface area contributed by atoms with E-state index >= 15 is 0 Å². The van der Waals surface area contributed by atoms with Crippen LogP contribution < -0.4 is 10.1 Å². The van der Waals surface area contributed by atoms with E-state index in [0.29, 0.717) is 11.6 Å². The summed E-state index contributed by atoms with van der Waals surface area (Å²) in [6.07, 6.45) is 1.58. The Morgan fingerprint density at radius 3 is 2.76 bits per heavy atom. The standard InChI is InChI=1S/C18H17N3O3S/c1-23-16-7-3-2-6-14(16)15-8-9-18(21-20-15)25-12-17(22)19-11-13-5-4-10-24-13/h2-10H,11-12H2,1H3,(H,19,22). The maximum atomic E-state index is 11.8. The molecular formula is C18H17N3O3S. The van der Waals surface area contributed by atoms with Crippen LogP contribution in [-0.2, 0) is 11.3 Å². The Morgan fingerprint density at radius 1 is 1.16 bits per heavy atom. The number of furan rings is 1. The number of nitrogens with zero attached hydrogens (tertiary/aromatic N) is 2. The summed E-state index contributed by atoms with van der Waals surface area (Å²) in [5.74, 6) is 1.65. The molecule has 0 unspecified atom stereocenters. The van der Waals surface area contributed by atoms with Crippen molar-refractivity contribution in [3.8, 4) is 17.0 Å². The molecule has 0 bridgehead atoms. The minimum absolute atomic E-state index is 0.0861. The first-order valence-electron chi connectivity index (χ1n) is 7.65. The fraction of sp³-hybridized carbons (Fsp3) is 0.167. The van der Waals surface area contributed by atoms with Crippen molar-refractivity contribution in [3.05, 3.63) is 60.6 Å². The summed E-state index contributed by atoms with van der Waals surface area (Å²) in [4.78, 5) is 11.8. The van der Waals surface area contributed by atoms with Gasteiger partial charge in [0.05, 0.1) is 31.4 Å². The van der Waals surface area contributed by atoms with Gasteiger partial charge in [-0.3, -0.25) is 4.79 Å². The highest BCUT2D eigenvalue weighted by Crippen LogP contribution is 2.28. The maximum absolute atomic E-state index is 11.8. The van der Waals surface area contributed by atoms with Crippen molar-refractivity contribution in [2.45, 2.75) is 11.6 Å². The number of hydrogen-bond acceptors (Lipinski definition) is 6. The molecule has 7 heteroatoms. The van der Waals surface area contributed by atoms with Crippen molar-refractivity contribution in [2.75, 3.05) is 12.9 Å². The van der Waals surface area contributed by atoms with Crippen molar-refractivity contribution < 1.29 is 13.9 Å². The molecule has 0 aliphatic heterocycles. The first kappa shape index (κ1) is 17.0. The number of methoxy groups -OCH3 is 1. The summed E-state index contributed by atoms with van der Waals surface area (Å²) in [6.45, 7) is 0.380. The van der Waals surface area contributed by atoms with Gasteiger partial charge in [0.2, 0.25) is 5.91 Å². The number of ether oxygens (including phenoxy) is 1. The number of thioether (sulfide) groups is 1. The Hall–Kier alpha value is -2.80. The summed E-state index contributed by atoms with van der Waals surface area (Å²) >= 11 is 1.33. The van der Waals surface area contributed by atoms with Crippen LogP contribution in [0.5, 0.6) is 5.75 Å². The number of benzene rings is 1. The summed E-state index contributed by atoms with van der Waals surface area (Å²) < 4.78 is 10.5. The van der Waals surface area contributed by atoms with Gasteiger partial charge in [0, 0.05) is 5.56 Å². The van der Waals surface area contributed by atoms with Gasteiger partial charge in [-0.2, -0.15) is 0 Å². The van der Waals surface area contributed by atoms with E-state index in [0.717, 1.165) is 22.8 Å². The van der Waals surface area contributed by atoms with Crippen LogP contribution in [0.4, 0.5) is 0 Å². The highest BCUT2D eigenvalue weighted by Gasteiger charge is 2.09. The first-order valence-corrected chi connectivity index (χ1v) is 8.64. The van der Waals surface area contributed by atoms with Crippen LogP contribution in [0.3, 0.4) is 0 Å². The van der Waals surface area contributed by atoms with Gasteiger partial charge < -0.3 is 14.5 Å². The number of rotatable bonds is 7. The lowest BCUT2D eigenvalue weighted by Gasteiger charge is -2.07. The molecule has 0 fully saturated rings. The van der Waals surface area contributed by atoms with Crippen LogP contribution in [0.1, 0.15) is 5.76 Å². The van der Waals surface area contributed by atoms with E-state index in [2.05, 4.69) is 15.5 Å². The van der Waals surface area contributed by atoms with Crippen LogP contribution in [0.2, 0.25) is 0 Å². The Balaban J connectivity index is 1.55. The predicted octanol–water partition coefficient (Wildman–Crippen LogP) is 3.15. The minimum Gasteiger partial charge on any atom is -0.496 e. The highest BCUT2D eigenvalue weighted by atomic mass is 32.2. The van der Waals surface area contributed by atoms with Gasteiger partial charge in [-0.1, -0.05) is 23.9 Å². The smallest absolute Gasteiger partial charge is 0.230 e. The molecule has 128 valence electrons. The maximum Gasteiger partial charge on any atom is 0.230 e. The average molecular weight is 355 g/mol. The van der Waals surface area contributed by atoms with Gasteiger partial charge in [0.1, 0.15) is 16.5 Å². The number of carbonyl (C=O) groups is 1. The molecule has 3 rings (SSSR count). The molecule has 1 aromatic carbocycles. The van der Waals surface area contributed by atoms with Gasteiger partial charge in [-0.25, -0.2) is 0 Å². The highest BCUT2D eigenvalue weighted by molar-refractivity contribution is 7.99. The van der Waals surface area contributed by atoms with Crippen molar-refractivity contribution in [1.82, 2.24) is 15.5 Å². The molecule has 25 heavy (non-hydrogen) atoms. The Kier molecular flexibility index (Phi) is 5.69. The van der Waals surface area contributed by atoms with Crippen molar-refractivity contribution in [3.63, 3.8) is 0 Å². The van der Waals surface area contributed by atoms with E-state index in [-0.39, 0.29) is 11.7 Å². The van der Waals surface area contributed by atoms with Crippen molar-refractivity contribution >= 4 is 17.7 Å². The second-order valence-electron chi connectivity index (χ2n) is 5.10. The zero-order valence-corrected chi connectivity index (χ0v) is 14.5. The second kappa shape index (κ2) is 8.34. The lowest BCUT2D eigenvalue weighted by molar-refractivity contribution is -0.118. The molecule has 0 spiro atoms. The summed E-state index contributed by atoms with van der Waals surface area (Å²) in [5.41, 5.74) is 1.61. The Labute approximate surface area is 149 Å². The first-order chi connectivity index (χ1) is 12.3. The number of nitrogens with one attached hydrogen (secondary N) is 1. The molecule has 6 nitrogen and oxygen atoms in total. The molecule has 3 aromatic rings. The normalized spacial score (nSPS) is 10.4. The van der Waals surface area contributed by atoms with Crippen LogP contribution in [0.25, 0.3) is 11.3 Å². The average Bonchev–Trinajstić information content (AvgIpc) is 3.19. The van der Waals surface area contributed by atoms with Crippen molar-refractivity contribution in [1.29, 1.82) is 0 Å². The molecule has 1 N–H and O–H groups in total. The summed E-state index contributed by atoms with van der Waals surface area (Å²) in [5, 5.41) is 11.9. The van der Waals surface area contributed by atoms with E-state index < -0.39 is 0 Å². The van der Waals surface area contributed by atoms with E-state index in [1.807, 2.05) is 42.5 Å². The molecule has 0 aliphatic rings. The molecule has 0 saturated heterocycles. The van der Waals surface area contributed by atoms with Crippen LogP contribution in [0.15, 0.2) is 64.2 Å². The lowest BCUT2D eigenvalue weighted by atomic mass is 10.1. The third kappa shape index (κ3) is 4.60. The van der Waals surface area contributed by atoms with Gasteiger partial charge in [-0.15, -0.1) is 10.2 Å². The Morgan fingerprint density at radius 2 is 2.04 bits per heavy atom. The molecule has 1 amide bonds. The second-order valence-corrected chi connectivity index (χ2v) is 6.10. The summed E-state index contributed by atoms with van der Waals surface area (Å²) in [7, 11) is 1.62. The SMILES string of the molecule is COc1ccccc1-c1ccc(SCC(=O)NCc2ccco2)nn1. The van der Waals surface area contributed by atoms with Crippen LogP contribution >= 0.6 is 11.8 Å². The third-order valence-corrected chi connectivity index (χ3v) is 4.33. The summed E-state index contributed by atoms with van der Waals surface area (Å²) in [6, 6.07) is 14.9. The van der Waals surface area contributed by atoms with Crippen LogP contribution in [0, 0.1) is 0 Å². The number of para-hydroxylation sites is 1. The molecule has 0 saturated carbocycles. The van der Waals surface area contributed by atoms with E-state index in [1.165, 1.54) is 11.8 Å². The molecule has 2 aromatic heterocycles. The van der Waals surface area contributed by atoms with E-state index in [9.17, 15) is 4.79 Å². The topological polar surface area (TPSA) is 77.2 Å². The van der Waals surface area contributed by atoms with Gasteiger partial charge in [-0.05, 0) is 36.4 Å². The number of amides is 1. The van der Waals surface area contributed by atoms with Crippen molar-refractivity contribution in [2.24, 2.45) is 0 Å². The van der Waals surface area contributed by atoms with Gasteiger partial charge >= 0.3 is 0 Å².